The lowest BCUT2D eigenvalue weighted by Gasteiger charge is -2.27. The number of thiazole rings is 1. The Labute approximate surface area is 156 Å². The first-order chi connectivity index (χ1) is 13.0. The molecule has 0 spiro atoms. The number of fused-ring (bicyclic) bond motifs is 7. The Morgan fingerprint density at radius 2 is 2.26 bits per heavy atom. The van der Waals surface area contributed by atoms with E-state index in [1.165, 1.54) is 11.3 Å². The van der Waals surface area contributed by atoms with Crippen molar-refractivity contribution in [3.8, 4) is 0 Å². The van der Waals surface area contributed by atoms with Crippen LogP contribution in [0.2, 0.25) is 0 Å². The van der Waals surface area contributed by atoms with Gasteiger partial charge in [-0.3, -0.25) is 4.79 Å². The van der Waals surface area contributed by atoms with E-state index in [1.54, 1.807) is 16.0 Å². The van der Waals surface area contributed by atoms with Crippen molar-refractivity contribution in [1.82, 2.24) is 4.40 Å². The summed E-state index contributed by atoms with van der Waals surface area (Å²) in [5.74, 6) is -1.87. The molecule has 5 rings (SSSR count). The van der Waals surface area contributed by atoms with Crippen LogP contribution in [0.25, 0.3) is 15.7 Å². The highest BCUT2D eigenvalue weighted by Gasteiger charge is 2.38. The van der Waals surface area contributed by atoms with Crippen LogP contribution in [0.5, 0.6) is 0 Å². The second kappa shape index (κ2) is 5.75. The van der Waals surface area contributed by atoms with Crippen LogP contribution in [0.15, 0.2) is 22.4 Å². The maximum absolute atomic E-state index is 15.2. The van der Waals surface area contributed by atoms with Crippen molar-refractivity contribution >= 4 is 38.7 Å². The fraction of sp³-hybridized carbons (Fsp3) is 0.333. The zero-order valence-electron chi connectivity index (χ0n) is 14.1. The third-order valence-corrected chi connectivity index (χ3v) is 6.37. The van der Waals surface area contributed by atoms with Gasteiger partial charge in [0.15, 0.2) is 0 Å². The molecule has 0 bridgehead atoms. The molecule has 1 aromatic carbocycles. The van der Waals surface area contributed by atoms with Crippen LogP contribution >= 0.6 is 11.3 Å². The molecule has 27 heavy (non-hydrogen) atoms. The molecule has 4 heterocycles. The van der Waals surface area contributed by atoms with Crippen molar-refractivity contribution in [1.29, 1.82) is 0 Å². The van der Waals surface area contributed by atoms with E-state index in [4.69, 9.17) is 10.5 Å². The van der Waals surface area contributed by atoms with Crippen LogP contribution in [0.3, 0.4) is 0 Å². The normalized spacial score (nSPS) is 22.1. The molecular formula is C18H16FN3O4S. The molecule has 2 atom stereocenters. The molecule has 2 aromatic heterocycles. The summed E-state index contributed by atoms with van der Waals surface area (Å²) in [5.41, 5.74) is 6.61. The monoisotopic (exact) mass is 389 g/mol. The first-order valence-corrected chi connectivity index (χ1v) is 9.47. The quantitative estimate of drug-likeness (QED) is 0.659. The van der Waals surface area contributed by atoms with Crippen molar-refractivity contribution in [2.45, 2.75) is 25.1 Å². The molecule has 0 amide bonds. The SMILES string of the molecule is N[C@@H]1CCN2c3c(F)cc4c(=O)c(C(=O)O)c5sccn5c4c3COC[C@H]12. The summed E-state index contributed by atoms with van der Waals surface area (Å²) in [4.78, 5) is 26.8. The fourth-order valence-corrected chi connectivity index (χ4v) is 5.16. The molecule has 7 nitrogen and oxygen atoms in total. The molecule has 0 unspecified atom stereocenters. The van der Waals surface area contributed by atoms with Gasteiger partial charge in [-0.2, -0.15) is 0 Å². The van der Waals surface area contributed by atoms with Gasteiger partial charge in [0.05, 0.1) is 35.8 Å². The minimum atomic E-state index is -1.32. The predicted octanol–water partition coefficient (Wildman–Crippen LogP) is 1.79. The Hall–Kier alpha value is -2.49. The smallest absolute Gasteiger partial charge is 0.342 e. The number of rotatable bonds is 1. The third-order valence-electron chi connectivity index (χ3n) is 5.49. The van der Waals surface area contributed by atoms with Crippen LogP contribution in [-0.2, 0) is 11.3 Å². The number of benzene rings is 1. The van der Waals surface area contributed by atoms with E-state index in [0.717, 1.165) is 12.5 Å². The Bertz CT molecular complexity index is 1170. The number of carboxylic acids is 1. The highest BCUT2D eigenvalue weighted by molar-refractivity contribution is 7.16. The van der Waals surface area contributed by atoms with Crippen LogP contribution in [-0.4, -0.2) is 40.7 Å². The number of aromatic nitrogens is 1. The van der Waals surface area contributed by atoms with Crippen LogP contribution in [0.1, 0.15) is 22.3 Å². The lowest BCUT2D eigenvalue weighted by Crippen LogP contribution is -2.42. The molecule has 0 radical (unpaired) electrons. The zero-order chi connectivity index (χ0) is 18.9. The number of carboxylic acid groups (broad SMARTS) is 1. The lowest BCUT2D eigenvalue weighted by molar-refractivity contribution is 0.0697. The number of hydrogen-bond donors (Lipinski definition) is 2. The van der Waals surface area contributed by atoms with Crippen LogP contribution in [0.4, 0.5) is 10.1 Å². The van der Waals surface area contributed by atoms with E-state index in [0.29, 0.717) is 34.7 Å². The van der Waals surface area contributed by atoms with Gasteiger partial charge in [0.2, 0.25) is 5.43 Å². The van der Waals surface area contributed by atoms with E-state index in [2.05, 4.69) is 0 Å². The standard InChI is InChI=1S/C18H16FN3O4S/c19-10-5-8-14(22-3-4-27-17(22)13(16(8)23)18(24)25)9-6-26-7-12-11(20)1-2-21(12)15(9)10/h3-5,11-12H,1-2,6-7,20H2,(H,24,25)/t11-,12-/m1/s1. The zero-order valence-corrected chi connectivity index (χ0v) is 15.0. The summed E-state index contributed by atoms with van der Waals surface area (Å²) in [6, 6.07) is 0.926. The van der Waals surface area contributed by atoms with Crippen molar-refractivity contribution in [2.75, 3.05) is 18.1 Å². The van der Waals surface area contributed by atoms with E-state index in [1.807, 2.05) is 4.90 Å². The molecule has 1 saturated heterocycles. The van der Waals surface area contributed by atoms with Crippen molar-refractivity contribution in [2.24, 2.45) is 5.73 Å². The summed E-state index contributed by atoms with van der Waals surface area (Å²) in [7, 11) is 0. The molecule has 1 fully saturated rings. The van der Waals surface area contributed by atoms with Gasteiger partial charge in [-0.25, -0.2) is 9.18 Å². The molecule has 9 heteroatoms. The molecule has 3 aromatic rings. The minimum Gasteiger partial charge on any atom is -0.477 e. The van der Waals surface area contributed by atoms with Gasteiger partial charge < -0.3 is 24.9 Å². The average molecular weight is 389 g/mol. The second-order valence-corrected chi connectivity index (χ2v) is 7.79. The lowest BCUT2D eigenvalue weighted by atomic mass is 10.0. The molecule has 2 aliphatic rings. The summed E-state index contributed by atoms with van der Waals surface area (Å²) >= 11 is 1.17. The van der Waals surface area contributed by atoms with E-state index in [-0.39, 0.29) is 29.6 Å². The maximum Gasteiger partial charge on any atom is 0.342 e. The van der Waals surface area contributed by atoms with Gasteiger partial charge in [0.1, 0.15) is 16.2 Å². The largest absolute Gasteiger partial charge is 0.477 e. The molecular weight excluding hydrogens is 373 g/mol. The van der Waals surface area contributed by atoms with Crippen molar-refractivity contribution in [3.05, 3.63) is 44.8 Å². The van der Waals surface area contributed by atoms with Crippen molar-refractivity contribution in [3.63, 3.8) is 0 Å². The van der Waals surface area contributed by atoms with E-state index < -0.39 is 17.2 Å². The minimum absolute atomic E-state index is 0.0464. The highest BCUT2D eigenvalue weighted by Crippen LogP contribution is 2.38. The topological polar surface area (TPSA) is 97.3 Å². The van der Waals surface area contributed by atoms with E-state index in [9.17, 15) is 14.7 Å². The van der Waals surface area contributed by atoms with Gasteiger partial charge >= 0.3 is 5.97 Å². The maximum atomic E-state index is 15.2. The fourth-order valence-electron chi connectivity index (χ4n) is 4.28. The molecule has 140 valence electrons. The average Bonchev–Trinajstić information content (AvgIpc) is 3.17. The second-order valence-electron chi connectivity index (χ2n) is 6.90. The number of carbonyl (C=O) groups is 1. The number of nitrogens with zero attached hydrogens (tertiary/aromatic N) is 2. The number of nitrogens with two attached hydrogens (primary N) is 1. The Kier molecular flexibility index (Phi) is 3.55. The number of anilines is 1. The number of halogens is 1. The summed E-state index contributed by atoms with van der Waals surface area (Å²) in [6.07, 6.45) is 2.43. The first-order valence-electron chi connectivity index (χ1n) is 8.59. The van der Waals surface area contributed by atoms with E-state index >= 15 is 4.39 Å². The van der Waals surface area contributed by atoms with Gasteiger partial charge in [0, 0.05) is 29.7 Å². The Morgan fingerprint density at radius 1 is 1.44 bits per heavy atom. The number of aromatic carboxylic acids is 1. The first kappa shape index (κ1) is 16.7. The summed E-state index contributed by atoms with van der Waals surface area (Å²) in [6.45, 7) is 1.12. The van der Waals surface area contributed by atoms with Crippen LogP contribution < -0.4 is 16.1 Å². The van der Waals surface area contributed by atoms with Gasteiger partial charge in [-0.15, -0.1) is 11.3 Å². The summed E-state index contributed by atoms with van der Waals surface area (Å²) in [5, 5.41) is 11.3. The molecule has 3 N–H and O–H groups in total. The predicted molar refractivity (Wildman–Crippen MR) is 99.3 cm³/mol. The molecule has 0 saturated carbocycles. The highest BCUT2D eigenvalue weighted by atomic mass is 32.1. The third kappa shape index (κ3) is 2.19. The number of ether oxygens (including phenoxy) is 1. The van der Waals surface area contributed by atoms with Gasteiger partial charge in [0.25, 0.3) is 0 Å². The van der Waals surface area contributed by atoms with Crippen molar-refractivity contribution < 1.29 is 19.0 Å². The Morgan fingerprint density at radius 3 is 3.04 bits per heavy atom. The molecule has 2 aliphatic heterocycles. The number of hydrogen-bond acceptors (Lipinski definition) is 6. The summed E-state index contributed by atoms with van der Waals surface area (Å²) < 4.78 is 22.6. The Balaban J connectivity index is 1.94. The van der Waals surface area contributed by atoms with Gasteiger partial charge in [-0.1, -0.05) is 0 Å². The number of pyridine rings is 1. The van der Waals surface area contributed by atoms with Gasteiger partial charge in [-0.05, 0) is 12.5 Å². The van der Waals surface area contributed by atoms with Crippen LogP contribution in [0, 0.1) is 5.82 Å². The molecule has 0 aliphatic carbocycles.